The molecule has 0 aliphatic rings. The summed E-state index contributed by atoms with van der Waals surface area (Å²) in [6.07, 6.45) is 2.63. The lowest BCUT2D eigenvalue weighted by molar-refractivity contribution is 0.623. The van der Waals surface area contributed by atoms with Crippen molar-refractivity contribution in [1.82, 2.24) is 25.4 Å². The molecule has 0 spiro atoms. The maximum atomic E-state index is 4.25. The van der Waals surface area contributed by atoms with Crippen LogP contribution in [0.3, 0.4) is 0 Å². The Labute approximate surface area is 131 Å². The van der Waals surface area contributed by atoms with E-state index in [0.717, 1.165) is 24.7 Å². The van der Waals surface area contributed by atoms with Crippen molar-refractivity contribution in [3.63, 3.8) is 0 Å². The van der Waals surface area contributed by atoms with Crippen LogP contribution in [0.5, 0.6) is 0 Å². The predicted molar refractivity (Wildman–Crippen MR) is 88.7 cm³/mol. The highest BCUT2D eigenvalue weighted by atomic mass is 15.3. The summed E-state index contributed by atoms with van der Waals surface area (Å²) in [5, 5.41) is 10.7. The lowest BCUT2D eigenvalue weighted by atomic mass is 9.97. The van der Waals surface area contributed by atoms with E-state index in [0.29, 0.717) is 12.5 Å². The van der Waals surface area contributed by atoms with E-state index in [1.165, 1.54) is 5.56 Å². The molecular weight excluding hydrogens is 276 g/mol. The third-order valence-corrected chi connectivity index (χ3v) is 3.72. The molecule has 2 rings (SSSR count). The lowest BCUT2D eigenvalue weighted by Gasteiger charge is -2.18. The molecule has 1 heterocycles. The van der Waals surface area contributed by atoms with Gasteiger partial charge >= 0.3 is 0 Å². The second kappa shape index (κ2) is 8.17. The van der Waals surface area contributed by atoms with E-state index >= 15 is 0 Å². The molecule has 6 nitrogen and oxygen atoms in total. The van der Waals surface area contributed by atoms with Crippen LogP contribution in [0.4, 0.5) is 0 Å². The Morgan fingerprint density at radius 2 is 2.05 bits per heavy atom. The van der Waals surface area contributed by atoms with E-state index in [1.807, 2.05) is 13.1 Å². The van der Waals surface area contributed by atoms with Gasteiger partial charge in [-0.3, -0.25) is 9.67 Å². The maximum absolute atomic E-state index is 4.25. The van der Waals surface area contributed by atoms with Crippen LogP contribution in [-0.2, 0) is 13.6 Å². The van der Waals surface area contributed by atoms with E-state index in [4.69, 9.17) is 0 Å². The number of rotatable bonds is 6. The van der Waals surface area contributed by atoms with Gasteiger partial charge in [-0.05, 0) is 12.0 Å². The second-order valence-electron chi connectivity index (χ2n) is 5.12. The minimum atomic E-state index is 0.467. The van der Waals surface area contributed by atoms with Gasteiger partial charge in [0.15, 0.2) is 5.96 Å². The SMILES string of the molecule is CCC(CNC(=NC)NCc1ncnn1C)c1ccccc1. The van der Waals surface area contributed by atoms with Crippen molar-refractivity contribution in [2.24, 2.45) is 12.0 Å². The van der Waals surface area contributed by atoms with Crippen molar-refractivity contribution in [3.8, 4) is 0 Å². The number of aryl methyl sites for hydroxylation is 1. The molecule has 2 N–H and O–H groups in total. The molecule has 0 saturated heterocycles. The smallest absolute Gasteiger partial charge is 0.191 e. The van der Waals surface area contributed by atoms with Gasteiger partial charge in [-0.1, -0.05) is 37.3 Å². The van der Waals surface area contributed by atoms with Crippen LogP contribution in [0, 0.1) is 0 Å². The Bertz CT molecular complexity index is 590. The average Bonchev–Trinajstić information content (AvgIpc) is 2.97. The zero-order valence-corrected chi connectivity index (χ0v) is 13.5. The molecule has 6 heteroatoms. The largest absolute Gasteiger partial charge is 0.356 e. The Kier molecular flexibility index (Phi) is 5.94. The van der Waals surface area contributed by atoms with Gasteiger partial charge in [0, 0.05) is 26.6 Å². The van der Waals surface area contributed by atoms with Gasteiger partial charge in [0.05, 0.1) is 6.54 Å². The average molecular weight is 300 g/mol. The summed E-state index contributed by atoms with van der Waals surface area (Å²) in [4.78, 5) is 8.44. The van der Waals surface area contributed by atoms with E-state index in [1.54, 1.807) is 18.1 Å². The molecule has 0 radical (unpaired) electrons. The highest BCUT2D eigenvalue weighted by molar-refractivity contribution is 5.79. The Hall–Kier alpha value is -2.37. The van der Waals surface area contributed by atoms with Crippen LogP contribution in [0.25, 0.3) is 0 Å². The molecule has 1 aromatic heterocycles. The third kappa shape index (κ3) is 4.31. The minimum absolute atomic E-state index is 0.467. The number of guanidine groups is 1. The summed E-state index contributed by atoms with van der Waals surface area (Å²) >= 11 is 0. The zero-order chi connectivity index (χ0) is 15.8. The highest BCUT2D eigenvalue weighted by Crippen LogP contribution is 2.17. The van der Waals surface area contributed by atoms with Gasteiger partial charge in [0.2, 0.25) is 0 Å². The summed E-state index contributed by atoms with van der Waals surface area (Å²) in [5.41, 5.74) is 1.35. The van der Waals surface area contributed by atoms with Gasteiger partial charge in [0.25, 0.3) is 0 Å². The molecule has 1 aromatic carbocycles. The topological polar surface area (TPSA) is 67.1 Å². The quantitative estimate of drug-likeness (QED) is 0.629. The van der Waals surface area contributed by atoms with Crippen molar-refractivity contribution < 1.29 is 0 Å². The highest BCUT2D eigenvalue weighted by Gasteiger charge is 2.10. The lowest BCUT2D eigenvalue weighted by Crippen LogP contribution is -2.39. The fourth-order valence-corrected chi connectivity index (χ4v) is 2.31. The van der Waals surface area contributed by atoms with Crippen LogP contribution in [0.15, 0.2) is 41.7 Å². The normalized spacial score (nSPS) is 13.0. The number of benzene rings is 1. The molecule has 0 fully saturated rings. The Morgan fingerprint density at radius 1 is 1.27 bits per heavy atom. The van der Waals surface area contributed by atoms with Crippen LogP contribution >= 0.6 is 0 Å². The molecule has 118 valence electrons. The summed E-state index contributed by atoms with van der Waals surface area (Å²) in [6.45, 7) is 3.65. The van der Waals surface area contributed by atoms with Crippen LogP contribution in [0.1, 0.15) is 30.7 Å². The molecule has 1 atom stereocenters. The van der Waals surface area contributed by atoms with Crippen molar-refractivity contribution >= 4 is 5.96 Å². The fraction of sp³-hybridized carbons (Fsp3) is 0.438. The van der Waals surface area contributed by atoms with Crippen LogP contribution in [-0.4, -0.2) is 34.3 Å². The summed E-state index contributed by atoms with van der Waals surface area (Å²) in [5.74, 6) is 2.12. The van der Waals surface area contributed by atoms with Gasteiger partial charge in [-0.15, -0.1) is 0 Å². The molecule has 0 saturated carbocycles. The van der Waals surface area contributed by atoms with E-state index in [9.17, 15) is 0 Å². The van der Waals surface area contributed by atoms with E-state index < -0.39 is 0 Å². The second-order valence-corrected chi connectivity index (χ2v) is 5.12. The van der Waals surface area contributed by atoms with Crippen LogP contribution < -0.4 is 10.6 Å². The monoisotopic (exact) mass is 300 g/mol. The number of nitrogens with one attached hydrogen (secondary N) is 2. The first kappa shape index (κ1) is 16.0. The molecule has 1 unspecified atom stereocenters. The molecule has 2 aromatic rings. The zero-order valence-electron chi connectivity index (χ0n) is 13.5. The van der Waals surface area contributed by atoms with Gasteiger partial charge in [-0.25, -0.2) is 4.98 Å². The molecule has 0 bridgehead atoms. The first-order valence-electron chi connectivity index (χ1n) is 7.57. The van der Waals surface area contributed by atoms with Crippen molar-refractivity contribution in [1.29, 1.82) is 0 Å². The van der Waals surface area contributed by atoms with E-state index in [-0.39, 0.29) is 0 Å². The minimum Gasteiger partial charge on any atom is -0.356 e. The van der Waals surface area contributed by atoms with Crippen molar-refractivity contribution in [2.75, 3.05) is 13.6 Å². The molecule has 0 aliphatic carbocycles. The Morgan fingerprint density at radius 3 is 2.64 bits per heavy atom. The molecular formula is C16H24N6. The summed E-state index contributed by atoms with van der Waals surface area (Å²) < 4.78 is 1.75. The fourth-order valence-electron chi connectivity index (χ4n) is 2.31. The molecule has 0 amide bonds. The van der Waals surface area contributed by atoms with E-state index in [2.05, 4.69) is 56.9 Å². The van der Waals surface area contributed by atoms with Crippen LogP contribution in [0.2, 0.25) is 0 Å². The third-order valence-electron chi connectivity index (χ3n) is 3.72. The van der Waals surface area contributed by atoms with Crippen molar-refractivity contribution in [2.45, 2.75) is 25.8 Å². The maximum Gasteiger partial charge on any atom is 0.191 e. The predicted octanol–water partition coefficient (Wildman–Crippen LogP) is 1.67. The summed E-state index contributed by atoms with van der Waals surface area (Å²) in [6, 6.07) is 10.6. The first-order chi connectivity index (χ1) is 10.7. The Balaban J connectivity index is 1.86. The number of aliphatic imine (C=N–C) groups is 1. The number of nitrogens with zero attached hydrogens (tertiary/aromatic N) is 4. The van der Waals surface area contributed by atoms with Crippen molar-refractivity contribution in [3.05, 3.63) is 48.0 Å². The number of hydrogen-bond donors (Lipinski definition) is 2. The number of aromatic nitrogens is 3. The molecule has 0 aliphatic heterocycles. The van der Waals surface area contributed by atoms with Gasteiger partial charge < -0.3 is 10.6 Å². The standard InChI is InChI=1S/C16H24N6/c1-4-13(14-8-6-5-7-9-14)10-18-16(17-2)19-11-15-20-12-21-22(15)3/h5-9,12-13H,4,10-11H2,1-3H3,(H2,17,18,19). The number of hydrogen-bond acceptors (Lipinski definition) is 3. The summed E-state index contributed by atoms with van der Waals surface area (Å²) in [7, 11) is 3.65. The molecule has 22 heavy (non-hydrogen) atoms. The first-order valence-corrected chi connectivity index (χ1v) is 7.57. The van der Waals surface area contributed by atoms with Gasteiger partial charge in [-0.2, -0.15) is 5.10 Å². The van der Waals surface area contributed by atoms with Gasteiger partial charge in [0.1, 0.15) is 12.2 Å².